The molecule has 1 aliphatic rings. The number of piperidine rings is 1. The van der Waals surface area contributed by atoms with Gasteiger partial charge in [0.2, 0.25) is 5.91 Å². The van der Waals surface area contributed by atoms with E-state index < -0.39 is 10.0 Å². The summed E-state index contributed by atoms with van der Waals surface area (Å²) >= 11 is 1.21. The summed E-state index contributed by atoms with van der Waals surface area (Å²) in [7, 11) is -3.44. The Labute approximate surface area is 163 Å². The fourth-order valence-electron chi connectivity index (χ4n) is 2.90. The maximum atomic E-state index is 12.8. The molecule has 0 spiro atoms. The molecule has 7 nitrogen and oxygen atoms in total. The van der Waals surface area contributed by atoms with Crippen LogP contribution in [0.5, 0.6) is 0 Å². The van der Waals surface area contributed by atoms with Crippen LogP contribution in [0.3, 0.4) is 0 Å². The number of thiophene rings is 1. The van der Waals surface area contributed by atoms with Gasteiger partial charge in [0.15, 0.2) is 5.76 Å². The van der Waals surface area contributed by atoms with E-state index in [9.17, 15) is 13.2 Å². The van der Waals surface area contributed by atoms with Crippen molar-refractivity contribution in [3.8, 4) is 0 Å². The Bertz CT molecular complexity index is 951. The number of sulfonamides is 1. The molecule has 0 atom stereocenters. The number of carbonyl (C=O) groups is 1. The third-order valence-corrected chi connectivity index (χ3v) is 7.94. The standard InChI is InChI=1S/C18H23N3O4S2/c1-12-8-10-21(11-9-12)27(23,24)17-7-5-15(26-17)4-6-16-18(19-14(3)22)13(2)20-25-16/h4-7,12H,8-11H2,1-3H3,(H,19,22). The van der Waals surface area contributed by atoms with Crippen LogP contribution >= 0.6 is 11.3 Å². The molecule has 1 amide bonds. The zero-order valence-electron chi connectivity index (χ0n) is 15.6. The van der Waals surface area contributed by atoms with E-state index >= 15 is 0 Å². The molecule has 0 aliphatic carbocycles. The Kier molecular flexibility index (Phi) is 5.83. The zero-order chi connectivity index (χ0) is 19.6. The van der Waals surface area contributed by atoms with Crippen LogP contribution in [0, 0.1) is 12.8 Å². The first kappa shape index (κ1) is 19.8. The molecular weight excluding hydrogens is 386 g/mol. The van der Waals surface area contributed by atoms with Crippen molar-refractivity contribution in [2.45, 2.75) is 37.8 Å². The predicted octanol–water partition coefficient (Wildman–Crippen LogP) is 3.59. The predicted molar refractivity (Wildman–Crippen MR) is 106 cm³/mol. The number of hydrogen-bond acceptors (Lipinski definition) is 6. The molecule has 3 heterocycles. The van der Waals surface area contributed by atoms with Crippen molar-refractivity contribution >= 4 is 45.1 Å². The third kappa shape index (κ3) is 4.48. The van der Waals surface area contributed by atoms with Crippen LogP contribution < -0.4 is 5.32 Å². The number of aromatic nitrogens is 1. The van der Waals surface area contributed by atoms with Crippen molar-refractivity contribution in [2.75, 3.05) is 18.4 Å². The van der Waals surface area contributed by atoms with Crippen LogP contribution in [-0.4, -0.2) is 36.9 Å². The van der Waals surface area contributed by atoms with Crippen molar-refractivity contribution in [1.82, 2.24) is 9.46 Å². The van der Waals surface area contributed by atoms with Crippen LogP contribution in [0.2, 0.25) is 0 Å². The van der Waals surface area contributed by atoms with Crippen LogP contribution in [0.1, 0.15) is 43.0 Å². The van der Waals surface area contributed by atoms with E-state index in [-0.39, 0.29) is 5.91 Å². The molecule has 0 unspecified atom stereocenters. The number of aryl methyl sites for hydroxylation is 1. The summed E-state index contributed by atoms with van der Waals surface area (Å²) in [6.07, 6.45) is 5.23. The van der Waals surface area contributed by atoms with E-state index in [1.165, 1.54) is 18.3 Å². The summed E-state index contributed by atoms with van der Waals surface area (Å²) in [6, 6.07) is 3.40. The summed E-state index contributed by atoms with van der Waals surface area (Å²) < 4.78 is 32.7. The van der Waals surface area contributed by atoms with Gasteiger partial charge in [-0.3, -0.25) is 4.79 Å². The minimum atomic E-state index is -3.44. The molecule has 9 heteroatoms. The first-order valence-electron chi connectivity index (χ1n) is 8.79. The van der Waals surface area contributed by atoms with Gasteiger partial charge in [-0.1, -0.05) is 12.1 Å². The second-order valence-corrected chi connectivity index (χ2v) is 10.0. The fourth-order valence-corrected chi connectivity index (χ4v) is 5.75. The largest absolute Gasteiger partial charge is 0.354 e. The monoisotopic (exact) mass is 409 g/mol. The van der Waals surface area contributed by atoms with Gasteiger partial charge in [-0.15, -0.1) is 11.3 Å². The second-order valence-electron chi connectivity index (χ2n) is 6.77. The fraction of sp³-hybridized carbons (Fsp3) is 0.444. The van der Waals surface area contributed by atoms with E-state index in [0.29, 0.717) is 40.4 Å². The summed E-state index contributed by atoms with van der Waals surface area (Å²) in [6.45, 7) is 6.45. The van der Waals surface area contributed by atoms with Gasteiger partial charge in [-0.05, 0) is 50.0 Å². The maximum Gasteiger partial charge on any atom is 0.252 e. The summed E-state index contributed by atoms with van der Waals surface area (Å²) in [5, 5.41) is 6.54. The number of anilines is 1. The number of nitrogens with zero attached hydrogens (tertiary/aromatic N) is 2. The molecule has 1 aliphatic heterocycles. The minimum absolute atomic E-state index is 0.212. The van der Waals surface area contributed by atoms with Gasteiger partial charge < -0.3 is 9.84 Å². The van der Waals surface area contributed by atoms with Crippen molar-refractivity contribution in [3.63, 3.8) is 0 Å². The van der Waals surface area contributed by atoms with Gasteiger partial charge in [0.1, 0.15) is 15.6 Å². The van der Waals surface area contributed by atoms with Gasteiger partial charge in [-0.2, -0.15) is 4.31 Å². The highest BCUT2D eigenvalue weighted by atomic mass is 32.2. The van der Waals surface area contributed by atoms with Crippen molar-refractivity contribution < 1.29 is 17.7 Å². The Morgan fingerprint density at radius 1 is 1.33 bits per heavy atom. The number of rotatable bonds is 5. The van der Waals surface area contributed by atoms with E-state index in [1.807, 2.05) is 0 Å². The van der Waals surface area contributed by atoms with E-state index in [1.54, 1.807) is 35.5 Å². The van der Waals surface area contributed by atoms with E-state index in [4.69, 9.17) is 4.52 Å². The Hall–Kier alpha value is -1.97. The zero-order valence-corrected chi connectivity index (χ0v) is 17.2. The lowest BCUT2D eigenvalue weighted by atomic mass is 10.0. The van der Waals surface area contributed by atoms with Crippen molar-refractivity contribution in [1.29, 1.82) is 0 Å². The van der Waals surface area contributed by atoms with Crippen LogP contribution in [0.15, 0.2) is 20.9 Å². The molecule has 2 aromatic rings. The first-order valence-corrected chi connectivity index (χ1v) is 11.0. The normalized spacial score (nSPS) is 16.9. The lowest BCUT2D eigenvalue weighted by molar-refractivity contribution is -0.114. The average molecular weight is 410 g/mol. The molecule has 1 fully saturated rings. The highest BCUT2D eigenvalue weighted by Crippen LogP contribution is 2.30. The Morgan fingerprint density at radius 2 is 2.04 bits per heavy atom. The van der Waals surface area contributed by atoms with Gasteiger partial charge >= 0.3 is 0 Å². The highest BCUT2D eigenvalue weighted by Gasteiger charge is 2.29. The Balaban J connectivity index is 1.77. The molecule has 0 radical (unpaired) electrons. The van der Waals surface area contributed by atoms with Crippen LogP contribution in [0.25, 0.3) is 12.2 Å². The summed E-state index contributed by atoms with van der Waals surface area (Å²) in [5.41, 5.74) is 1.10. The Morgan fingerprint density at radius 3 is 2.70 bits per heavy atom. The van der Waals surface area contributed by atoms with Gasteiger partial charge in [0.05, 0.1) is 0 Å². The third-order valence-electron chi connectivity index (χ3n) is 4.53. The number of carbonyl (C=O) groups excluding carboxylic acids is 1. The lowest BCUT2D eigenvalue weighted by Crippen LogP contribution is -2.37. The van der Waals surface area contributed by atoms with Crippen molar-refractivity contribution in [3.05, 3.63) is 28.5 Å². The maximum absolute atomic E-state index is 12.8. The molecule has 0 bridgehead atoms. The topological polar surface area (TPSA) is 92.5 Å². The highest BCUT2D eigenvalue weighted by molar-refractivity contribution is 7.91. The molecule has 3 rings (SSSR count). The molecule has 2 aromatic heterocycles. The molecule has 0 saturated carbocycles. The molecule has 27 heavy (non-hydrogen) atoms. The van der Waals surface area contributed by atoms with Gasteiger partial charge in [-0.25, -0.2) is 8.42 Å². The number of hydrogen-bond donors (Lipinski definition) is 1. The average Bonchev–Trinajstić information content (AvgIpc) is 3.22. The number of amides is 1. The minimum Gasteiger partial charge on any atom is -0.354 e. The van der Waals surface area contributed by atoms with Gasteiger partial charge in [0, 0.05) is 24.9 Å². The van der Waals surface area contributed by atoms with Gasteiger partial charge in [0.25, 0.3) is 10.0 Å². The molecule has 0 aromatic carbocycles. The van der Waals surface area contributed by atoms with Crippen molar-refractivity contribution in [2.24, 2.45) is 5.92 Å². The molecule has 1 N–H and O–H groups in total. The second kappa shape index (κ2) is 7.95. The van der Waals surface area contributed by atoms with E-state index in [2.05, 4.69) is 17.4 Å². The smallest absolute Gasteiger partial charge is 0.252 e. The van der Waals surface area contributed by atoms with Crippen LogP contribution in [0.4, 0.5) is 5.69 Å². The molecular formula is C18H23N3O4S2. The van der Waals surface area contributed by atoms with Crippen LogP contribution in [-0.2, 0) is 14.8 Å². The first-order chi connectivity index (χ1) is 12.8. The summed E-state index contributed by atoms with van der Waals surface area (Å²) in [5.74, 6) is 0.781. The number of nitrogens with one attached hydrogen (secondary N) is 1. The lowest BCUT2D eigenvalue weighted by Gasteiger charge is -2.28. The quantitative estimate of drug-likeness (QED) is 0.815. The summed E-state index contributed by atoms with van der Waals surface area (Å²) in [4.78, 5) is 12.1. The SMILES string of the molecule is CC(=O)Nc1c(C)noc1C=Cc1ccc(S(=O)(=O)N2CCC(C)CC2)s1. The molecule has 146 valence electrons. The van der Waals surface area contributed by atoms with E-state index in [0.717, 1.165) is 17.7 Å². The molecule has 1 saturated heterocycles.